The molecule has 0 spiro atoms. The summed E-state index contributed by atoms with van der Waals surface area (Å²) in [5.74, 6) is 1.74. The van der Waals surface area contributed by atoms with E-state index in [4.69, 9.17) is 10.5 Å². The lowest BCUT2D eigenvalue weighted by Crippen LogP contribution is -2.33. The fourth-order valence-corrected chi connectivity index (χ4v) is 4.34. The van der Waals surface area contributed by atoms with Crippen molar-refractivity contribution in [3.63, 3.8) is 0 Å². The van der Waals surface area contributed by atoms with Gasteiger partial charge in [0.15, 0.2) is 0 Å². The molecular formula is C22H26N2O2. The number of carbonyl (C=O) groups is 1. The standard InChI is InChI=1S/C22H26N2O2/c1-15-6-2-3-7-17(15)14-26-21-9-5-4-8-18(21)22(25)24-12-16-10-11-20(23)19(16)13-24/h2-9,16,19-20H,10-14,23H2,1H3. The SMILES string of the molecule is Cc1ccccc1COc1ccccc1C(=O)N1CC2CCC(N)C2C1. The molecule has 2 N–H and O–H groups in total. The number of benzene rings is 2. The number of carbonyl (C=O) groups excluding carboxylic acids is 1. The van der Waals surface area contributed by atoms with Gasteiger partial charge < -0.3 is 15.4 Å². The van der Waals surface area contributed by atoms with Gasteiger partial charge in [-0.1, -0.05) is 36.4 Å². The highest BCUT2D eigenvalue weighted by atomic mass is 16.5. The monoisotopic (exact) mass is 350 g/mol. The number of fused-ring (bicyclic) bond motifs is 1. The van der Waals surface area contributed by atoms with Crippen LogP contribution >= 0.6 is 0 Å². The molecule has 2 aromatic rings. The third-order valence-corrected chi connectivity index (χ3v) is 5.96. The normalized spacial score (nSPS) is 24.5. The molecule has 1 amide bonds. The van der Waals surface area contributed by atoms with Crippen molar-refractivity contribution in [2.45, 2.75) is 32.4 Å². The van der Waals surface area contributed by atoms with E-state index in [1.807, 2.05) is 41.3 Å². The maximum Gasteiger partial charge on any atom is 0.257 e. The first-order chi connectivity index (χ1) is 12.6. The molecule has 4 heteroatoms. The van der Waals surface area contributed by atoms with Crippen molar-refractivity contribution in [1.29, 1.82) is 0 Å². The van der Waals surface area contributed by atoms with Crippen molar-refractivity contribution >= 4 is 5.91 Å². The van der Waals surface area contributed by atoms with Gasteiger partial charge in [0.1, 0.15) is 12.4 Å². The molecule has 4 nitrogen and oxygen atoms in total. The summed E-state index contributed by atoms with van der Waals surface area (Å²) in [7, 11) is 0. The van der Waals surface area contributed by atoms with E-state index in [2.05, 4.69) is 19.1 Å². The molecule has 1 aliphatic carbocycles. The molecule has 1 heterocycles. The zero-order valence-corrected chi connectivity index (χ0v) is 15.2. The Labute approximate surface area is 155 Å². The zero-order chi connectivity index (χ0) is 18.1. The van der Waals surface area contributed by atoms with Crippen LogP contribution < -0.4 is 10.5 Å². The van der Waals surface area contributed by atoms with Crippen LogP contribution in [0, 0.1) is 18.8 Å². The first-order valence-electron chi connectivity index (χ1n) is 9.44. The molecule has 0 aromatic heterocycles. The molecule has 2 aromatic carbocycles. The molecule has 136 valence electrons. The number of hydrogen-bond donors (Lipinski definition) is 1. The van der Waals surface area contributed by atoms with E-state index in [1.54, 1.807) is 0 Å². The number of hydrogen-bond acceptors (Lipinski definition) is 3. The zero-order valence-electron chi connectivity index (χ0n) is 15.2. The van der Waals surface area contributed by atoms with Crippen molar-refractivity contribution in [3.05, 3.63) is 65.2 Å². The van der Waals surface area contributed by atoms with Crippen LogP contribution in [0.1, 0.15) is 34.3 Å². The van der Waals surface area contributed by atoms with Crippen LogP contribution in [0.25, 0.3) is 0 Å². The summed E-state index contributed by atoms with van der Waals surface area (Å²) in [6.07, 6.45) is 2.23. The minimum atomic E-state index is 0.0620. The van der Waals surface area contributed by atoms with Gasteiger partial charge in [-0.25, -0.2) is 0 Å². The number of nitrogens with zero attached hydrogens (tertiary/aromatic N) is 1. The van der Waals surface area contributed by atoms with E-state index in [-0.39, 0.29) is 11.9 Å². The van der Waals surface area contributed by atoms with Crippen LogP contribution in [-0.2, 0) is 6.61 Å². The van der Waals surface area contributed by atoms with Crippen molar-refractivity contribution in [1.82, 2.24) is 4.90 Å². The van der Waals surface area contributed by atoms with Crippen LogP contribution in [0.15, 0.2) is 48.5 Å². The molecule has 1 saturated carbocycles. The lowest BCUT2D eigenvalue weighted by molar-refractivity contribution is 0.0774. The number of amides is 1. The fourth-order valence-electron chi connectivity index (χ4n) is 4.34. The Morgan fingerprint density at radius 1 is 1.12 bits per heavy atom. The van der Waals surface area contributed by atoms with Gasteiger partial charge >= 0.3 is 0 Å². The summed E-state index contributed by atoms with van der Waals surface area (Å²) in [4.78, 5) is 15.1. The van der Waals surface area contributed by atoms with E-state index in [1.165, 1.54) is 5.56 Å². The van der Waals surface area contributed by atoms with Gasteiger partial charge in [-0.15, -0.1) is 0 Å². The molecule has 1 aliphatic heterocycles. The molecule has 0 radical (unpaired) electrons. The van der Waals surface area contributed by atoms with Crippen molar-refractivity contribution in [3.8, 4) is 5.75 Å². The minimum Gasteiger partial charge on any atom is -0.488 e. The van der Waals surface area contributed by atoms with Gasteiger partial charge in [-0.05, 0) is 54.9 Å². The molecule has 26 heavy (non-hydrogen) atoms. The maximum absolute atomic E-state index is 13.1. The topological polar surface area (TPSA) is 55.6 Å². The Hall–Kier alpha value is -2.33. The van der Waals surface area contributed by atoms with Gasteiger partial charge in [0, 0.05) is 19.1 Å². The summed E-state index contributed by atoms with van der Waals surface area (Å²) >= 11 is 0. The van der Waals surface area contributed by atoms with Crippen LogP contribution in [-0.4, -0.2) is 29.9 Å². The number of likely N-dealkylation sites (tertiary alicyclic amines) is 1. The van der Waals surface area contributed by atoms with Crippen LogP contribution in [0.4, 0.5) is 0 Å². The highest BCUT2D eigenvalue weighted by molar-refractivity contribution is 5.97. The largest absolute Gasteiger partial charge is 0.488 e. The van der Waals surface area contributed by atoms with Crippen LogP contribution in [0.3, 0.4) is 0 Å². The van der Waals surface area contributed by atoms with E-state index in [0.29, 0.717) is 29.8 Å². The Morgan fingerprint density at radius 2 is 1.88 bits per heavy atom. The third-order valence-electron chi connectivity index (χ3n) is 5.96. The summed E-state index contributed by atoms with van der Waals surface area (Å²) in [6, 6.07) is 16.0. The van der Waals surface area contributed by atoms with Crippen LogP contribution in [0.2, 0.25) is 0 Å². The molecule has 3 unspecified atom stereocenters. The van der Waals surface area contributed by atoms with Gasteiger partial charge in [-0.3, -0.25) is 4.79 Å². The van der Waals surface area contributed by atoms with E-state index >= 15 is 0 Å². The third kappa shape index (κ3) is 3.21. The average Bonchev–Trinajstić information content (AvgIpc) is 3.23. The second-order valence-corrected chi connectivity index (χ2v) is 7.59. The van der Waals surface area contributed by atoms with Crippen molar-refractivity contribution < 1.29 is 9.53 Å². The number of nitrogens with two attached hydrogens (primary N) is 1. The number of rotatable bonds is 4. The molecule has 4 rings (SSSR count). The summed E-state index contributed by atoms with van der Waals surface area (Å²) in [6.45, 7) is 4.13. The van der Waals surface area contributed by atoms with Gasteiger partial charge in [0.2, 0.25) is 0 Å². The molecule has 2 aliphatic rings. The van der Waals surface area contributed by atoms with Gasteiger partial charge in [0.25, 0.3) is 5.91 Å². The Balaban J connectivity index is 1.49. The number of aryl methyl sites for hydroxylation is 1. The Kier molecular flexibility index (Phi) is 4.68. The first-order valence-corrected chi connectivity index (χ1v) is 9.44. The maximum atomic E-state index is 13.1. The molecular weight excluding hydrogens is 324 g/mol. The van der Waals surface area contributed by atoms with Gasteiger partial charge in [0.05, 0.1) is 5.56 Å². The molecule has 2 fully saturated rings. The lowest BCUT2D eigenvalue weighted by atomic mass is 9.98. The second kappa shape index (κ2) is 7.12. The Morgan fingerprint density at radius 3 is 2.69 bits per heavy atom. The average molecular weight is 350 g/mol. The quantitative estimate of drug-likeness (QED) is 0.920. The predicted molar refractivity (Wildman–Crippen MR) is 102 cm³/mol. The summed E-state index contributed by atoms with van der Waals surface area (Å²) < 4.78 is 6.03. The van der Waals surface area contributed by atoms with Gasteiger partial charge in [-0.2, -0.15) is 0 Å². The molecule has 1 saturated heterocycles. The fraction of sp³-hybridized carbons (Fsp3) is 0.409. The highest BCUT2D eigenvalue weighted by Gasteiger charge is 2.42. The Bertz CT molecular complexity index is 804. The number of ether oxygens (including phenoxy) is 1. The predicted octanol–water partition coefficient (Wildman–Crippen LogP) is 3.38. The van der Waals surface area contributed by atoms with E-state index in [9.17, 15) is 4.79 Å². The summed E-state index contributed by atoms with van der Waals surface area (Å²) in [5.41, 5.74) is 9.19. The highest BCUT2D eigenvalue weighted by Crippen LogP contribution is 2.38. The second-order valence-electron chi connectivity index (χ2n) is 7.59. The van der Waals surface area contributed by atoms with E-state index < -0.39 is 0 Å². The van der Waals surface area contributed by atoms with Crippen molar-refractivity contribution in [2.75, 3.05) is 13.1 Å². The first kappa shape index (κ1) is 17.1. The molecule has 0 bridgehead atoms. The smallest absolute Gasteiger partial charge is 0.257 e. The van der Waals surface area contributed by atoms with Crippen molar-refractivity contribution in [2.24, 2.45) is 17.6 Å². The van der Waals surface area contributed by atoms with Crippen LogP contribution in [0.5, 0.6) is 5.75 Å². The minimum absolute atomic E-state index is 0.0620. The summed E-state index contributed by atoms with van der Waals surface area (Å²) in [5, 5.41) is 0. The number of para-hydroxylation sites is 1. The van der Waals surface area contributed by atoms with E-state index in [0.717, 1.165) is 31.5 Å². The molecule has 3 atom stereocenters. The lowest BCUT2D eigenvalue weighted by Gasteiger charge is -2.20.